The van der Waals surface area contributed by atoms with Gasteiger partial charge in [-0.15, -0.1) is 22.8 Å². The first-order valence-electron chi connectivity index (χ1n) is 4.16. The third-order valence-electron chi connectivity index (χ3n) is 1.40. The lowest BCUT2D eigenvalue weighted by Gasteiger charge is -2.10. The molecule has 7 nitrogen and oxygen atoms in total. The molecule has 86 valence electrons. The zero-order valence-corrected chi connectivity index (χ0v) is 9.96. The van der Waals surface area contributed by atoms with Crippen LogP contribution in [0.4, 0.5) is 4.79 Å². The second kappa shape index (κ2) is 6.28. The molecule has 0 aromatic carbocycles. The molecule has 1 heterocycles. The van der Waals surface area contributed by atoms with Crippen molar-refractivity contribution in [2.24, 2.45) is 0 Å². The first-order chi connectivity index (χ1) is 7.63. The molecule has 2 N–H and O–H groups in total. The fraction of sp³-hybridized carbons (Fsp3) is 0.286. The second-order valence-corrected chi connectivity index (χ2v) is 4.05. The molecule has 0 spiro atoms. The number of thiol groups is 1. The lowest BCUT2D eigenvalue weighted by atomic mass is 10.7. The Labute approximate surface area is 101 Å². The molecular formula is C7H9N5O2S2. The second-order valence-electron chi connectivity index (χ2n) is 2.51. The molecule has 1 rings (SSSR count). The third-order valence-corrected chi connectivity index (χ3v) is 2.80. The van der Waals surface area contributed by atoms with E-state index in [-0.39, 0.29) is 5.12 Å². The highest BCUT2D eigenvalue weighted by Gasteiger charge is 2.17. The van der Waals surface area contributed by atoms with Gasteiger partial charge in [0.1, 0.15) is 10.4 Å². The molecule has 1 aromatic heterocycles. The van der Waals surface area contributed by atoms with Gasteiger partial charge >= 0.3 is 6.03 Å². The summed E-state index contributed by atoms with van der Waals surface area (Å²) in [5.74, 6) is 0. The number of aromatic nitrogens is 3. The van der Waals surface area contributed by atoms with Crippen molar-refractivity contribution in [2.75, 3.05) is 7.05 Å². The van der Waals surface area contributed by atoms with Gasteiger partial charge < -0.3 is 10.6 Å². The maximum absolute atomic E-state index is 11.5. The number of amides is 2. The van der Waals surface area contributed by atoms with Crippen LogP contribution in [0.1, 0.15) is 0 Å². The number of thioether (sulfide) groups is 1. The Hall–Kier alpha value is -1.35. The number of nitrogens with zero attached hydrogens (tertiary/aromatic N) is 3. The summed E-state index contributed by atoms with van der Waals surface area (Å²) in [5, 5.41) is 14.3. The van der Waals surface area contributed by atoms with Crippen LogP contribution in [0.5, 0.6) is 0 Å². The van der Waals surface area contributed by atoms with Crippen LogP contribution < -0.4 is 10.6 Å². The van der Waals surface area contributed by atoms with Crippen molar-refractivity contribution in [2.45, 2.75) is 10.4 Å². The lowest BCUT2D eigenvalue weighted by Crippen LogP contribution is -2.40. The van der Waals surface area contributed by atoms with E-state index in [0.717, 1.165) is 11.8 Å². The van der Waals surface area contributed by atoms with Gasteiger partial charge in [0.15, 0.2) is 0 Å². The van der Waals surface area contributed by atoms with E-state index in [9.17, 15) is 9.59 Å². The molecule has 16 heavy (non-hydrogen) atoms. The Balaban J connectivity index is 2.49. The quantitative estimate of drug-likeness (QED) is 0.391. The summed E-state index contributed by atoms with van der Waals surface area (Å²) in [6.45, 7) is 0. The first-order valence-corrected chi connectivity index (χ1v) is 5.49. The van der Waals surface area contributed by atoms with Crippen molar-refractivity contribution in [3.05, 3.63) is 12.3 Å². The van der Waals surface area contributed by atoms with E-state index < -0.39 is 11.4 Å². The average Bonchev–Trinajstić information content (AvgIpc) is 2.30. The molecule has 9 heteroatoms. The minimum Gasteiger partial charge on any atom is -0.341 e. The summed E-state index contributed by atoms with van der Waals surface area (Å²) >= 11 is 4.78. The number of nitrogens with one attached hydrogen (secondary N) is 2. The fourth-order valence-electron chi connectivity index (χ4n) is 0.699. The predicted molar refractivity (Wildman–Crippen MR) is 61.1 cm³/mol. The van der Waals surface area contributed by atoms with Crippen molar-refractivity contribution in [3.63, 3.8) is 0 Å². The molecule has 0 fully saturated rings. The summed E-state index contributed by atoms with van der Waals surface area (Å²) in [4.78, 5) is 22.4. The number of carbonyl (C=O) groups is 2. The Morgan fingerprint density at radius 3 is 2.88 bits per heavy atom. The van der Waals surface area contributed by atoms with Crippen LogP contribution in [0.2, 0.25) is 0 Å². The molecule has 0 aliphatic rings. The van der Waals surface area contributed by atoms with Crippen LogP contribution in [0, 0.1) is 0 Å². The largest absolute Gasteiger partial charge is 0.341 e. The van der Waals surface area contributed by atoms with Gasteiger partial charge in [0.25, 0.3) is 0 Å². The van der Waals surface area contributed by atoms with Crippen molar-refractivity contribution in [1.29, 1.82) is 0 Å². The van der Waals surface area contributed by atoms with Gasteiger partial charge in [-0.05, 0) is 23.0 Å². The van der Waals surface area contributed by atoms with E-state index >= 15 is 0 Å². The SMILES string of the molecule is CNC(=O)NC(S)C(=O)Sc1ccnnn1. The van der Waals surface area contributed by atoms with E-state index in [0.29, 0.717) is 5.03 Å². The van der Waals surface area contributed by atoms with Crippen LogP contribution in [-0.4, -0.2) is 39.0 Å². The van der Waals surface area contributed by atoms with Crippen molar-refractivity contribution in [3.8, 4) is 0 Å². The first kappa shape index (κ1) is 12.7. The topological polar surface area (TPSA) is 96.9 Å². The molecule has 0 aliphatic carbocycles. The third kappa shape index (κ3) is 4.03. The average molecular weight is 259 g/mol. The molecular weight excluding hydrogens is 250 g/mol. The highest BCUT2D eigenvalue weighted by atomic mass is 32.2. The molecule has 0 aliphatic heterocycles. The van der Waals surface area contributed by atoms with Gasteiger partial charge in [-0.3, -0.25) is 4.79 Å². The molecule has 1 aromatic rings. The zero-order chi connectivity index (χ0) is 12.0. The van der Waals surface area contributed by atoms with E-state index in [1.165, 1.54) is 19.3 Å². The standard InChI is InChI=1S/C7H9N5O2S2/c1-8-7(14)10-5(15)6(13)16-4-2-3-9-12-11-4/h2-3,5,15H,1H3,(H2,8,10,14). The molecule has 0 bridgehead atoms. The van der Waals surface area contributed by atoms with Gasteiger partial charge in [0.2, 0.25) is 5.12 Å². The zero-order valence-electron chi connectivity index (χ0n) is 8.25. The number of carbonyl (C=O) groups excluding carboxylic acids is 2. The van der Waals surface area contributed by atoms with Gasteiger partial charge in [0, 0.05) is 7.05 Å². The smallest absolute Gasteiger partial charge is 0.315 e. The molecule has 2 amide bonds. The molecule has 0 saturated heterocycles. The Morgan fingerprint density at radius 1 is 1.56 bits per heavy atom. The van der Waals surface area contributed by atoms with Crippen LogP contribution in [0.15, 0.2) is 17.3 Å². The summed E-state index contributed by atoms with van der Waals surface area (Å²) in [6.07, 6.45) is 1.42. The van der Waals surface area contributed by atoms with Crippen LogP contribution >= 0.6 is 24.4 Å². The lowest BCUT2D eigenvalue weighted by molar-refractivity contribution is -0.110. The van der Waals surface area contributed by atoms with Gasteiger partial charge in [-0.25, -0.2) is 4.79 Å². The maximum Gasteiger partial charge on any atom is 0.315 e. The Kier molecular flexibility index (Phi) is 4.99. The van der Waals surface area contributed by atoms with E-state index in [2.05, 4.69) is 38.7 Å². The highest BCUT2D eigenvalue weighted by Crippen LogP contribution is 2.17. The van der Waals surface area contributed by atoms with E-state index in [1.54, 1.807) is 0 Å². The number of rotatable bonds is 3. The molecule has 0 radical (unpaired) electrons. The van der Waals surface area contributed by atoms with Crippen LogP contribution in [0.25, 0.3) is 0 Å². The summed E-state index contributed by atoms with van der Waals surface area (Å²) in [7, 11) is 1.45. The van der Waals surface area contributed by atoms with Crippen LogP contribution in [0.3, 0.4) is 0 Å². The van der Waals surface area contributed by atoms with E-state index in [4.69, 9.17) is 0 Å². The normalized spacial score (nSPS) is 11.6. The highest BCUT2D eigenvalue weighted by molar-refractivity contribution is 8.14. The fourth-order valence-corrected chi connectivity index (χ4v) is 1.56. The van der Waals surface area contributed by atoms with Crippen molar-refractivity contribution < 1.29 is 9.59 Å². The van der Waals surface area contributed by atoms with Crippen molar-refractivity contribution in [1.82, 2.24) is 26.0 Å². The minimum atomic E-state index is -0.903. The van der Waals surface area contributed by atoms with Gasteiger partial charge in [-0.1, -0.05) is 0 Å². The number of hydrogen-bond acceptors (Lipinski definition) is 7. The van der Waals surface area contributed by atoms with Crippen molar-refractivity contribution >= 4 is 35.5 Å². The summed E-state index contributed by atoms with van der Waals surface area (Å²) in [6, 6.07) is 1.06. The Bertz CT molecular complexity index is 374. The van der Waals surface area contributed by atoms with Gasteiger partial charge in [-0.2, -0.15) is 0 Å². The maximum atomic E-state index is 11.5. The summed E-state index contributed by atoms with van der Waals surface area (Å²) in [5.41, 5.74) is 0. The Morgan fingerprint density at radius 2 is 2.31 bits per heavy atom. The number of urea groups is 1. The number of hydrogen-bond donors (Lipinski definition) is 3. The molecule has 1 atom stereocenters. The van der Waals surface area contributed by atoms with E-state index in [1.807, 2.05) is 0 Å². The van der Waals surface area contributed by atoms with Crippen LogP contribution in [-0.2, 0) is 4.79 Å². The summed E-state index contributed by atoms with van der Waals surface area (Å²) < 4.78 is 0. The molecule has 1 unspecified atom stereocenters. The van der Waals surface area contributed by atoms with Gasteiger partial charge in [0.05, 0.1) is 6.20 Å². The molecule has 0 saturated carbocycles. The minimum absolute atomic E-state index is 0.354. The predicted octanol–water partition coefficient (Wildman–Crippen LogP) is -0.325. The monoisotopic (exact) mass is 259 g/mol.